The van der Waals surface area contributed by atoms with Crippen molar-refractivity contribution in [2.24, 2.45) is 0 Å². The number of hydrogen-bond donors (Lipinski definition) is 0. The number of furan rings is 1. The smallest absolute Gasteiger partial charge is 0.254 e. The zero-order chi connectivity index (χ0) is 25.4. The summed E-state index contributed by atoms with van der Waals surface area (Å²) >= 11 is 0. The molecule has 186 valence electrons. The third kappa shape index (κ3) is 6.88. The van der Waals surface area contributed by atoms with Crippen LogP contribution in [0.4, 0.5) is 0 Å². The average molecular weight is 479 g/mol. The van der Waals surface area contributed by atoms with Gasteiger partial charge in [-0.1, -0.05) is 23.8 Å². The first-order valence-corrected chi connectivity index (χ1v) is 11.7. The first-order chi connectivity index (χ1) is 16.8. The number of hydrogen-bond acceptors (Lipinski definition) is 5. The van der Waals surface area contributed by atoms with Crippen molar-refractivity contribution in [2.45, 2.75) is 39.8 Å². The number of rotatable bonds is 11. The number of nitrogens with zero attached hydrogens (tertiary/aromatic N) is 2. The monoisotopic (exact) mass is 478 g/mol. The fraction of sp³-hybridized carbons (Fsp3) is 0.357. The number of methoxy groups -OCH3 is 2. The molecule has 0 bridgehead atoms. The second kappa shape index (κ2) is 12.1. The topological polar surface area (TPSA) is 72.2 Å². The molecule has 3 rings (SSSR count). The Balaban J connectivity index is 1.76. The number of aryl methyl sites for hydroxylation is 1. The fourth-order valence-corrected chi connectivity index (χ4v) is 3.78. The molecule has 35 heavy (non-hydrogen) atoms. The minimum absolute atomic E-state index is 0.0168. The molecule has 2 amide bonds. The van der Waals surface area contributed by atoms with Crippen LogP contribution in [0.2, 0.25) is 0 Å². The van der Waals surface area contributed by atoms with Crippen LogP contribution in [0.25, 0.3) is 0 Å². The lowest BCUT2D eigenvalue weighted by atomic mass is 10.1. The van der Waals surface area contributed by atoms with Gasteiger partial charge in [-0.2, -0.15) is 0 Å². The molecule has 0 unspecified atom stereocenters. The zero-order valence-electron chi connectivity index (χ0n) is 21.1. The maximum atomic E-state index is 13.5. The van der Waals surface area contributed by atoms with Gasteiger partial charge in [-0.15, -0.1) is 0 Å². The van der Waals surface area contributed by atoms with Gasteiger partial charge in [0, 0.05) is 18.2 Å². The highest BCUT2D eigenvalue weighted by molar-refractivity contribution is 5.96. The highest BCUT2D eigenvalue weighted by Gasteiger charge is 2.25. The number of ether oxygens (including phenoxy) is 2. The molecule has 1 aromatic heterocycles. The van der Waals surface area contributed by atoms with Gasteiger partial charge in [0.05, 0.1) is 27.0 Å². The minimum atomic E-state index is -0.161. The van der Waals surface area contributed by atoms with Crippen LogP contribution in [0.3, 0.4) is 0 Å². The van der Waals surface area contributed by atoms with Crippen molar-refractivity contribution in [3.05, 3.63) is 83.3 Å². The van der Waals surface area contributed by atoms with Crippen LogP contribution in [-0.4, -0.2) is 55.0 Å². The van der Waals surface area contributed by atoms with Crippen LogP contribution in [0, 0.1) is 6.92 Å². The molecule has 0 aliphatic rings. The predicted molar refractivity (Wildman–Crippen MR) is 135 cm³/mol. The Morgan fingerprint density at radius 2 is 1.69 bits per heavy atom. The van der Waals surface area contributed by atoms with Gasteiger partial charge in [0.15, 0.2) is 11.5 Å². The molecule has 2 aromatic carbocycles. The molecule has 0 fully saturated rings. The Bertz CT molecular complexity index is 1110. The minimum Gasteiger partial charge on any atom is -0.493 e. The van der Waals surface area contributed by atoms with Crippen molar-refractivity contribution in [1.82, 2.24) is 9.80 Å². The number of benzene rings is 2. The molecule has 7 nitrogen and oxygen atoms in total. The van der Waals surface area contributed by atoms with Gasteiger partial charge < -0.3 is 23.7 Å². The lowest BCUT2D eigenvalue weighted by molar-refractivity contribution is -0.133. The molecule has 0 atom stereocenters. The van der Waals surface area contributed by atoms with Crippen LogP contribution in [0.15, 0.2) is 65.3 Å². The van der Waals surface area contributed by atoms with Crippen LogP contribution in [0.5, 0.6) is 11.5 Å². The molecule has 7 heteroatoms. The van der Waals surface area contributed by atoms with Crippen molar-refractivity contribution in [1.29, 1.82) is 0 Å². The Morgan fingerprint density at radius 1 is 0.971 bits per heavy atom. The summed E-state index contributed by atoms with van der Waals surface area (Å²) < 4.78 is 16.2. The van der Waals surface area contributed by atoms with E-state index >= 15 is 0 Å². The highest BCUT2D eigenvalue weighted by Crippen LogP contribution is 2.28. The SMILES string of the molecule is COc1ccc(CCN(Cc2ccco2)C(=O)CN(C(=O)c2ccc(C)cc2)C(C)C)cc1OC. The number of carbonyl (C=O) groups is 2. The van der Waals surface area contributed by atoms with E-state index in [0.717, 1.165) is 11.1 Å². The van der Waals surface area contributed by atoms with Gasteiger partial charge in [-0.3, -0.25) is 9.59 Å². The van der Waals surface area contributed by atoms with E-state index in [1.54, 1.807) is 48.5 Å². The quantitative estimate of drug-likeness (QED) is 0.399. The lowest BCUT2D eigenvalue weighted by Crippen LogP contribution is -2.46. The molecule has 0 saturated heterocycles. The largest absolute Gasteiger partial charge is 0.493 e. The summed E-state index contributed by atoms with van der Waals surface area (Å²) in [6.45, 7) is 6.57. The van der Waals surface area contributed by atoms with E-state index in [-0.39, 0.29) is 24.4 Å². The van der Waals surface area contributed by atoms with Crippen LogP contribution < -0.4 is 9.47 Å². The molecule has 0 spiro atoms. The Hall–Kier alpha value is -3.74. The molecule has 1 heterocycles. The Morgan fingerprint density at radius 3 is 2.29 bits per heavy atom. The van der Waals surface area contributed by atoms with Crippen molar-refractivity contribution in [2.75, 3.05) is 27.3 Å². The third-order valence-corrected chi connectivity index (χ3v) is 5.89. The van der Waals surface area contributed by atoms with E-state index in [1.165, 1.54) is 0 Å². The average Bonchev–Trinajstić information content (AvgIpc) is 3.37. The standard InChI is InChI=1S/C28H34N2O5/c1-20(2)30(28(32)23-11-8-21(3)9-12-23)19-27(31)29(18-24-7-6-16-35-24)15-14-22-10-13-25(33-4)26(17-22)34-5/h6-13,16-17,20H,14-15,18-19H2,1-5H3. The molecule has 0 radical (unpaired) electrons. The summed E-state index contributed by atoms with van der Waals surface area (Å²) in [6.07, 6.45) is 2.20. The lowest BCUT2D eigenvalue weighted by Gasteiger charge is -2.30. The maximum Gasteiger partial charge on any atom is 0.254 e. The third-order valence-electron chi connectivity index (χ3n) is 5.89. The van der Waals surface area contributed by atoms with E-state index in [4.69, 9.17) is 13.9 Å². The van der Waals surface area contributed by atoms with Crippen LogP contribution >= 0.6 is 0 Å². The van der Waals surface area contributed by atoms with Gasteiger partial charge in [-0.05, 0) is 69.2 Å². The van der Waals surface area contributed by atoms with Gasteiger partial charge >= 0.3 is 0 Å². The molecule has 0 N–H and O–H groups in total. The highest BCUT2D eigenvalue weighted by atomic mass is 16.5. The van der Waals surface area contributed by atoms with E-state index in [2.05, 4.69) is 0 Å². The molecule has 0 aliphatic heterocycles. The number of carbonyl (C=O) groups excluding carboxylic acids is 2. The first-order valence-electron chi connectivity index (χ1n) is 11.7. The summed E-state index contributed by atoms with van der Waals surface area (Å²) in [6, 6.07) is 16.6. The van der Waals surface area contributed by atoms with Gasteiger partial charge in [-0.25, -0.2) is 0 Å². The molecular weight excluding hydrogens is 444 g/mol. The first kappa shape index (κ1) is 25.9. The Kier molecular flexibility index (Phi) is 8.95. The van der Waals surface area contributed by atoms with E-state index in [9.17, 15) is 9.59 Å². The summed E-state index contributed by atoms with van der Waals surface area (Å²) in [4.78, 5) is 30.0. The van der Waals surface area contributed by atoms with E-state index < -0.39 is 0 Å². The molecule has 0 aliphatic carbocycles. The van der Waals surface area contributed by atoms with E-state index in [0.29, 0.717) is 42.3 Å². The molecule has 0 saturated carbocycles. The molecule has 3 aromatic rings. The van der Waals surface area contributed by atoms with Crippen molar-refractivity contribution in [3.8, 4) is 11.5 Å². The van der Waals surface area contributed by atoms with Gasteiger partial charge in [0.25, 0.3) is 5.91 Å². The second-order valence-electron chi connectivity index (χ2n) is 8.73. The van der Waals surface area contributed by atoms with E-state index in [1.807, 2.05) is 57.2 Å². The summed E-state index contributed by atoms with van der Waals surface area (Å²) in [5.41, 5.74) is 2.66. The van der Waals surface area contributed by atoms with Crippen molar-refractivity contribution in [3.63, 3.8) is 0 Å². The van der Waals surface area contributed by atoms with Crippen LogP contribution in [-0.2, 0) is 17.8 Å². The maximum absolute atomic E-state index is 13.5. The normalized spacial score (nSPS) is 10.8. The predicted octanol–water partition coefficient (Wildman–Crippen LogP) is 4.73. The summed E-state index contributed by atoms with van der Waals surface area (Å²) in [7, 11) is 3.19. The van der Waals surface area contributed by atoms with Crippen molar-refractivity contribution >= 4 is 11.8 Å². The van der Waals surface area contributed by atoms with Gasteiger partial charge in [0.1, 0.15) is 12.3 Å². The van der Waals surface area contributed by atoms with Crippen molar-refractivity contribution < 1.29 is 23.5 Å². The summed E-state index contributed by atoms with van der Waals surface area (Å²) in [5, 5.41) is 0. The Labute approximate surface area is 207 Å². The zero-order valence-corrected chi connectivity index (χ0v) is 21.1. The fourth-order valence-electron chi connectivity index (χ4n) is 3.78. The number of amides is 2. The summed E-state index contributed by atoms with van der Waals surface area (Å²) in [5.74, 6) is 1.68. The van der Waals surface area contributed by atoms with Gasteiger partial charge in [0.2, 0.25) is 5.91 Å². The molecular formula is C28H34N2O5. The van der Waals surface area contributed by atoms with Crippen LogP contribution in [0.1, 0.15) is 41.1 Å². The second-order valence-corrected chi connectivity index (χ2v) is 8.73.